The van der Waals surface area contributed by atoms with Crippen molar-refractivity contribution < 1.29 is 32.7 Å². The van der Waals surface area contributed by atoms with Crippen LogP contribution < -0.4 is 14.0 Å². The second-order valence-electron chi connectivity index (χ2n) is 4.87. The van der Waals surface area contributed by atoms with Crippen LogP contribution in [0.15, 0.2) is 56.4 Å². The fraction of sp³-hybridized carbons (Fsp3) is 0.267. The summed E-state index contributed by atoms with van der Waals surface area (Å²) >= 11 is 1.67. The molecule has 0 spiro atoms. The van der Waals surface area contributed by atoms with E-state index < -0.39 is 21.0 Å². The Hall–Kier alpha value is -0.800. The van der Waals surface area contributed by atoms with Crippen LogP contribution >= 0.6 is 22.5 Å². The van der Waals surface area contributed by atoms with Gasteiger partial charge in [0, 0.05) is 9.77 Å². The average Bonchev–Trinajstić information content (AvgIpc) is 2.40. The number of halogens is 1. The fourth-order valence-corrected chi connectivity index (χ4v) is 5.39. The van der Waals surface area contributed by atoms with Gasteiger partial charge in [-0.15, -0.1) is 0 Å². The Bertz CT molecular complexity index is 673. The highest BCUT2D eigenvalue weighted by Crippen LogP contribution is 2.37. The first-order valence-electron chi connectivity index (χ1n) is 6.60. The van der Waals surface area contributed by atoms with Gasteiger partial charge in [-0.2, -0.15) is 14.0 Å². The molecule has 0 fully saturated rings. The maximum atomic E-state index is 11.0. The molecule has 23 heavy (non-hydrogen) atoms. The highest BCUT2D eigenvalue weighted by atomic mass is 35.7. The van der Waals surface area contributed by atoms with Gasteiger partial charge in [0.1, 0.15) is 20.3 Å². The molecule has 5 nitrogen and oxygen atoms in total. The number of allylic oxidation sites excluding steroid dienone is 9. The molecule has 0 amide bonds. The normalized spacial score (nSPS) is 22.1. The molecule has 0 N–H and O–H groups in total. The lowest BCUT2D eigenvalue weighted by Crippen LogP contribution is -2.60. The molecule has 0 aliphatic carbocycles. The lowest BCUT2D eigenvalue weighted by atomic mass is 10.1. The smallest absolute Gasteiger partial charge is 0.142 e. The van der Waals surface area contributed by atoms with Gasteiger partial charge >= 0.3 is 0 Å². The largest absolute Gasteiger partial charge is 0.497 e. The van der Waals surface area contributed by atoms with Gasteiger partial charge in [0.05, 0.1) is 17.4 Å². The summed E-state index contributed by atoms with van der Waals surface area (Å²) in [5.74, 6) is 0.577. The molecule has 0 bridgehead atoms. The highest BCUT2D eigenvalue weighted by molar-refractivity contribution is 8.15. The third-order valence-corrected chi connectivity index (χ3v) is 6.25. The number of thioether (sulfide) groups is 1. The Morgan fingerprint density at radius 3 is 2.17 bits per heavy atom. The van der Waals surface area contributed by atoms with Crippen LogP contribution in [-0.4, -0.2) is 12.0 Å². The van der Waals surface area contributed by atoms with E-state index in [1.54, 1.807) is 30.8 Å². The van der Waals surface area contributed by atoms with E-state index in [2.05, 4.69) is 0 Å². The summed E-state index contributed by atoms with van der Waals surface area (Å²) in [6.07, 6.45) is 9.13. The van der Waals surface area contributed by atoms with E-state index in [4.69, 9.17) is 8.47 Å². The van der Waals surface area contributed by atoms with Crippen LogP contribution in [0.1, 0.15) is 20.8 Å². The maximum Gasteiger partial charge on any atom is 0.142 e. The van der Waals surface area contributed by atoms with Gasteiger partial charge in [0.2, 0.25) is 0 Å². The first kappa shape index (κ1) is 18.5. The van der Waals surface area contributed by atoms with Crippen LogP contribution in [-0.2, 0) is 8.47 Å². The van der Waals surface area contributed by atoms with Crippen molar-refractivity contribution in [1.82, 2.24) is 0 Å². The predicted molar refractivity (Wildman–Crippen MR) is 85.7 cm³/mol. The molecule has 126 valence electrons. The van der Waals surface area contributed by atoms with E-state index >= 15 is 0 Å². The van der Waals surface area contributed by atoms with Gasteiger partial charge in [-0.05, 0) is 66.5 Å². The van der Waals surface area contributed by atoms with Gasteiger partial charge in [-0.1, -0.05) is 11.8 Å². The monoisotopic (exact) mass is 376 g/mol. The second-order valence-corrected chi connectivity index (χ2v) is 9.28. The van der Waals surface area contributed by atoms with Crippen molar-refractivity contribution in [2.24, 2.45) is 0 Å². The average molecular weight is 377 g/mol. The number of rotatable bonds is 4. The fourth-order valence-electron chi connectivity index (χ4n) is 2.12. The topological polar surface area (TPSA) is 87.6 Å². The minimum absolute atomic E-state index is 0.573. The summed E-state index contributed by atoms with van der Waals surface area (Å²) in [4.78, 5) is 3.44. The first-order valence-corrected chi connectivity index (χ1v) is 9.80. The van der Waals surface area contributed by atoms with Gasteiger partial charge in [0.25, 0.3) is 0 Å². The number of methoxy groups -OCH3 is 1. The number of hydrogen-bond donors (Lipinski definition) is 0. The van der Waals surface area contributed by atoms with E-state index in [9.17, 15) is 14.0 Å². The molecule has 0 radical (unpaired) electrons. The van der Waals surface area contributed by atoms with Gasteiger partial charge in [-0.3, -0.25) is 0 Å². The minimum atomic E-state index is -4.52. The zero-order chi connectivity index (χ0) is 17.2. The third kappa shape index (κ3) is 5.36. The van der Waals surface area contributed by atoms with Gasteiger partial charge < -0.3 is 4.74 Å². The molecule has 0 aromatic carbocycles. The second kappa shape index (κ2) is 7.40. The molecule has 2 aliphatic heterocycles. The SMILES string of the molecule is COC1=CC(C=C2C=C(C)SC(C)=C2)=S(O[Cl+3]([O-])([O-])[O-])C(C)=C1. The van der Waals surface area contributed by atoms with Crippen LogP contribution in [0.5, 0.6) is 0 Å². The van der Waals surface area contributed by atoms with E-state index in [0.717, 1.165) is 15.4 Å². The van der Waals surface area contributed by atoms with Crippen LogP contribution in [0.3, 0.4) is 0 Å². The van der Waals surface area contributed by atoms with Crippen molar-refractivity contribution in [1.29, 1.82) is 0 Å². The van der Waals surface area contributed by atoms with Crippen LogP contribution in [0.2, 0.25) is 0 Å². The minimum Gasteiger partial charge on any atom is -0.497 e. The van der Waals surface area contributed by atoms with Crippen molar-refractivity contribution in [3.05, 3.63) is 56.4 Å². The molecule has 0 saturated heterocycles. The molecule has 2 heterocycles. The highest BCUT2D eigenvalue weighted by Gasteiger charge is 2.28. The molecule has 0 aromatic heterocycles. The molecule has 1 atom stereocenters. The molecule has 2 rings (SSSR count). The van der Waals surface area contributed by atoms with Crippen LogP contribution in [0.25, 0.3) is 0 Å². The molecule has 8 heteroatoms. The molecule has 1 unspecified atom stereocenters. The lowest BCUT2D eigenvalue weighted by molar-refractivity contribution is -1.91. The Morgan fingerprint density at radius 2 is 1.65 bits per heavy atom. The third-order valence-electron chi connectivity index (χ3n) is 2.88. The van der Waals surface area contributed by atoms with E-state index in [1.807, 2.05) is 32.1 Å². The van der Waals surface area contributed by atoms with E-state index in [-0.39, 0.29) is 0 Å². The van der Waals surface area contributed by atoms with Crippen LogP contribution in [0, 0.1) is 10.2 Å². The Labute approximate surface area is 144 Å². The van der Waals surface area contributed by atoms with Crippen molar-refractivity contribution in [2.45, 2.75) is 20.8 Å². The van der Waals surface area contributed by atoms with Crippen molar-refractivity contribution in [3.63, 3.8) is 0 Å². The van der Waals surface area contributed by atoms with E-state index in [1.165, 1.54) is 7.11 Å². The summed E-state index contributed by atoms with van der Waals surface area (Å²) < 4.78 is 42.9. The first-order chi connectivity index (χ1) is 10.7. The zero-order valence-corrected chi connectivity index (χ0v) is 15.5. The number of ether oxygens (including phenoxy) is 1. The molecule has 0 aromatic rings. The molecule has 2 aliphatic rings. The summed E-state index contributed by atoms with van der Waals surface area (Å²) in [6.45, 7) is 5.70. The zero-order valence-electron chi connectivity index (χ0n) is 13.1. The Morgan fingerprint density at radius 1 is 1.04 bits per heavy atom. The lowest BCUT2D eigenvalue weighted by Gasteiger charge is -2.18. The molecular formula is C15H17ClO5S2. The predicted octanol–water partition coefficient (Wildman–Crippen LogP) is 1.19. The summed E-state index contributed by atoms with van der Waals surface area (Å²) in [6, 6.07) is 0. The molecular weight excluding hydrogens is 360 g/mol. The number of hydrogen-bond acceptors (Lipinski definition) is 6. The summed E-state index contributed by atoms with van der Waals surface area (Å²) in [5, 5.41) is 0. The van der Waals surface area contributed by atoms with Gasteiger partial charge in [-0.25, -0.2) is 0 Å². The van der Waals surface area contributed by atoms with Crippen LogP contribution in [0.4, 0.5) is 0 Å². The van der Waals surface area contributed by atoms with Crippen molar-refractivity contribution in [3.8, 4) is 0 Å². The van der Waals surface area contributed by atoms with Crippen molar-refractivity contribution >= 4 is 27.4 Å². The van der Waals surface area contributed by atoms with E-state index in [0.29, 0.717) is 15.5 Å². The van der Waals surface area contributed by atoms with Crippen molar-refractivity contribution in [2.75, 3.05) is 7.11 Å². The Kier molecular flexibility index (Phi) is 5.96. The van der Waals surface area contributed by atoms with Gasteiger partial charge in [0.15, 0.2) is 0 Å². The summed E-state index contributed by atoms with van der Waals surface area (Å²) in [7, 11) is -4.27. The summed E-state index contributed by atoms with van der Waals surface area (Å²) in [5.41, 5.74) is 0.913. The molecule has 0 saturated carbocycles. The standard InChI is InChI=1S/C15H17ClO5S2/c1-10-5-13(6-11(2)22-10)8-15-9-14(20-4)7-12(3)23(15)21-16(17,18)19/h5-9H,1-4H3. The maximum absolute atomic E-state index is 11.0. The Balaban J connectivity index is 2.52. The quantitative estimate of drug-likeness (QED) is 0.541.